The van der Waals surface area contributed by atoms with Crippen LogP contribution in [-0.4, -0.2) is 37.4 Å². The van der Waals surface area contributed by atoms with Crippen molar-refractivity contribution in [1.82, 2.24) is 5.32 Å². The van der Waals surface area contributed by atoms with E-state index in [0.717, 1.165) is 0 Å². The fourth-order valence-electron chi connectivity index (χ4n) is 1.29. The van der Waals surface area contributed by atoms with E-state index in [1.165, 1.54) is 7.11 Å². The molecule has 1 unspecified atom stereocenters. The third-order valence-electron chi connectivity index (χ3n) is 2.15. The summed E-state index contributed by atoms with van der Waals surface area (Å²) in [6.07, 6.45) is -0.746. The summed E-state index contributed by atoms with van der Waals surface area (Å²) in [5.41, 5.74) is 6.19. The van der Waals surface area contributed by atoms with Crippen molar-refractivity contribution in [2.45, 2.75) is 6.10 Å². The van der Waals surface area contributed by atoms with Gasteiger partial charge in [0.1, 0.15) is 0 Å². The Morgan fingerprint density at radius 2 is 2.35 bits per heavy atom. The maximum absolute atomic E-state index is 11.7. The highest BCUT2D eigenvalue weighted by Gasteiger charge is 2.12. The van der Waals surface area contributed by atoms with Crippen molar-refractivity contribution in [3.63, 3.8) is 0 Å². The maximum atomic E-state index is 11.7. The number of para-hydroxylation sites is 1. The van der Waals surface area contributed by atoms with Crippen LogP contribution < -0.4 is 11.1 Å². The van der Waals surface area contributed by atoms with E-state index in [1.807, 2.05) is 0 Å². The number of anilines is 1. The number of halogens is 1. The summed E-state index contributed by atoms with van der Waals surface area (Å²) in [5, 5.41) is 12.2. The second-order valence-electron chi connectivity index (χ2n) is 3.52. The molecule has 6 heteroatoms. The van der Waals surface area contributed by atoms with Gasteiger partial charge in [0.15, 0.2) is 0 Å². The fraction of sp³-hybridized carbons (Fsp3) is 0.364. The minimum atomic E-state index is -0.746. The first kappa shape index (κ1) is 13.8. The summed E-state index contributed by atoms with van der Waals surface area (Å²) < 4.78 is 4.74. The number of nitrogens with one attached hydrogen (secondary N) is 1. The van der Waals surface area contributed by atoms with Crippen LogP contribution >= 0.6 is 11.6 Å². The van der Waals surface area contributed by atoms with Crippen molar-refractivity contribution in [3.8, 4) is 0 Å². The van der Waals surface area contributed by atoms with Crippen LogP contribution in [-0.2, 0) is 4.74 Å². The Bertz CT molecular complexity index is 398. The second-order valence-corrected chi connectivity index (χ2v) is 3.93. The molecule has 5 nitrogen and oxygen atoms in total. The quantitative estimate of drug-likeness (QED) is 0.678. The van der Waals surface area contributed by atoms with Gasteiger partial charge in [-0.1, -0.05) is 17.7 Å². The number of aliphatic hydroxyl groups excluding tert-OH is 1. The molecule has 4 N–H and O–H groups in total. The molecule has 1 atom stereocenters. The SMILES string of the molecule is COCC(O)CNC(=O)c1cccc(Cl)c1N. The van der Waals surface area contributed by atoms with Crippen LogP contribution in [0.25, 0.3) is 0 Å². The minimum Gasteiger partial charge on any atom is -0.397 e. The number of ether oxygens (including phenoxy) is 1. The lowest BCUT2D eigenvalue weighted by molar-refractivity contribution is 0.0610. The third kappa shape index (κ3) is 3.89. The molecule has 0 aliphatic carbocycles. The highest BCUT2D eigenvalue weighted by Crippen LogP contribution is 2.21. The number of nitrogen functional groups attached to an aromatic ring is 1. The standard InChI is InChI=1S/C11H15ClN2O3/c1-17-6-7(15)5-14-11(16)8-3-2-4-9(12)10(8)13/h2-4,7,15H,5-6,13H2,1H3,(H,14,16). The molecular formula is C11H15ClN2O3. The predicted molar refractivity (Wildman–Crippen MR) is 66.1 cm³/mol. The molecule has 0 saturated heterocycles. The first-order valence-electron chi connectivity index (χ1n) is 5.05. The molecule has 0 heterocycles. The summed E-state index contributed by atoms with van der Waals surface area (Å²) in [6.45, 7) is 0.254. The smallest absolute Gasteiger partial charge is 0.253 e. The highest BCUT2D eigenvalue weighted by molar-refractivity contribution is 6.33. The lowest BCUT2D eigenvalue weighted by Gasteiger charge is -2.12. The summed E-state index contributed by atoms with van der Waals surface area (Å²) in [7, 11) is 1.47. The van der Waals surface area contributed by atoms with Crippen LogP contribution in [0.4, 0.5) is 5.69 Å². The number of nitrogens with two attached hydrogens (primary N) is 1. The molecule has 0 aromatic heterocycles. The molecule has 17 heavy (non-hydrogen) atoms. The second kappa shape index (κ2) is 6.44. The van der Waals surface area contributed by atoms with Gasteiger partial charge in [-0.3, -0.25) is 4.79 Å². The van der Waals surface area contributed by atoms with Gasteiger partial charge in [0, 0.05) is 13.7 Å². The number of rotatable bonds is 5. The van der Waals surface area contributed by atoms with E-state index in [9.17, 15) is 9.90 Å². The average molecular weight is 259 g/mol. The molecule has 0 spiro atoms. The summed E-state index contributed by atoms with van der Waals surface area (Å²) in [6, 6.07) is 4.81. The van der Waals surface area contributed by atoms with E-state index >= 15 is 0 Å². The monoisotopic (exact) mass is 258 g/mol. The molecule has 0 bridgehead atoms. The fourth-order valence-corrected chi connectivity index (χ4v) is 1.47. The number of hydrogen-bond donors (Lipinski definition) is 3. The van der Waals surface area contributed by atoms with E-state index in [4.69, 9.17) is 22.1 Å². The van der Waals surface area contributed by atoms with Gasteiger partial charge in [-0.15, -0.1) is 0 Å². The minimum absolute atomic E-state index is 0.0959. The van der Waals surface area contributed by atoms with Gasteiger partial charge >= 0.3 is 0 Å². The molecule has 0 fully saturated rings. The molecule has 0 saturated carbocycles. The number of carbonyl (C=O) groups is 1. The molecule has 1 rings (SSSR count). The lowest BCUT2D eigenvalue weighted by atomic mass is 10.1. The zero-order valence-electron chi connectivity index (χ0n) is 9.44. The van der Waals surface area contributed by atoms with Gasteiger partial charge in [-0.25, -0.2) is 0 Å². The number of hydrogen-bond acceptors (Lipinski definition) is 4. The Hall–Kier alpha value is -1.30. The van der Waals surface area contributed by atoms with E-state index in [-0.39, 0.29) is 24.7 Å². The van der Waals surface area contributed by atoms with Crippen LogP contribution in [0.2, 0.25) is 5.02 Å². The Labute approximate surface area is 105 Å². The van der Waals surface area contributed by atoms with Crippen molar-refractivity contribution >= 4 is 23.2 Å². The number of carbonyl (C=O) groups excluding carboxylic acids is 1. The number of aliphatic hydroxyl groups is 1. The molecule has 1 amide bonds. The van der Waals surface area contributed by atoms with Gasteiger partial charge in [0.2, 0.25) is 0 Å². The summed E-state index contributed by atoms with van der Waals surface area (Å²) in [5.74, 6) is -0.375. The van der Waals surface area contributed by atoms with Gasteiger partial charge in [0.25, 0.3) is 5.91 Å². The van der Waals surface area contributed by atoms with E-state index in [0.29, 0.717) is 10.6 Å². The molecule has 94 valence electrons. The normalized spacial score (nSPS) is 12.2. The summed E-state index contributed by atoms with van der Waals surface area (Å²) >= 11 is 5.80. The van der Waals surface area contributed by atoms with Crippen LogP contribution in [0.5, 0.6) is 0 Å². The Kier molecular flexibility index (Phi) is 5.21. The summed E-state index contributed by atoms with van der Waals surface area (Å²) in [4.78, 5) is 11.7. The van der Waals surface area contributed by atoms with Crippen LogP contribution in [0.15, 0.2) is 18.2 Å². The first-order chi connectivity index (χ1) is 8.06. The van der Waals surface area contributed by atoms with Gasteiger partial charge in [-0.2, -0.15) is 0 Å². The molecule has 1 aromatic rings. The van der Waals surface area contributed by atoms with Crippen molar-refractivity contribution in [3.05, 3.63) is 28.8 Å². The molecule has 0 aliphatic heterocycles. The van der Waals surface area contributed by atoms with Crippen LogP contribution in [0, 0.1) is 0 Å². The van der Waals surface area contributed by atoms with Gasteiger partial charge < -0.3 is 20.9 Å². The maximum Gasteiger partial charge on any atom is 0.253 e. The average Bonchev–Trinajstić information content (AvgIpc) is 2.30. The molecule has 0 aliphatic rings. The lowest BCUT2D eigenvalue weighted by Crippen LogP contribution is -2.34. The van der Waals surface area contributed by atoms with Crippen molar-refractivity contribution < 1.29 is 14.6 Å². The third-order valence-corrected chi connectivity index (χ3v) is 2.48. The van der Waals surface area contributed by atoms with Crippen molar-refractivity contribution in [2.75, 3.05) is 26.0 Å². The Balaban J connectivity index is 2.61. The van der Waals surface area contributed by atoms with Crippen LogP contribution in [0.3, 0.4) is 0 Å². The van der Waals surface area contributed by atoms with E-state index < -0.39 is 6.10 Å². The highest BCUT2D eigenvalue weighted by atomic mass is 35.5. The molecular weight excluding hydrogens is 244 g/mol. The predicted octanol–water partition coefficient (Wildman–Crippen LogP) is 0.659. The largest absolute Gasteiger partial charge is 0.397 e. The molecule has 1 aromatic carbocycles. The zero-order chi connectivity index (χ0) is 12.8. The first-order valence-corrected chi connectivity index (χ1v) is 5.43. The number of amides is 1. The van der Waals surface area contributed by atoms with Crippen molar-refractivity contribution in [1.29, 1.82) is 0 Å². The van der Waals surface area contributed by atoms with Crippen LogP contribution in [0.1, 0.15) is 10.4 Å². The Morgan fingerprint density at radius 1 is 1.65 bits per heavy atom. The Morgan fingerprint density at radius 3 is 3.00 bits per heavy atom. The number of benzene rings is 1. The topological polar surface area (TPSA) is 84.6 Å². The molecule has 0 radical (unpaired) electrons. The van der Waals surface area contributed by atoms with Gasteiger partial charge in [0.05, 0.1) is 29.0 Å². The van der Waals surface area contributed by atoms with E-state index in [2.05, 4.69) is 5.32 Å². The van der Waals surface area contributed by atoms with E-state index in [1.54, 1.807) is 18.2 Å². The zero-order valence-corrected chi connectivity index (χ0v) is 10.2. The van der Waals surface area contributed by atoms with Crippen molar-refractivity contribution in [2.24, 2.45) is 0 Å². The van der Waals surface area contributed by atoms with Gasteiger partial charge in [-0.05, 0) is 12.1 Å². The number of methoxy groups -OCH3 is 1.